The van der Waals surface area contributed by atoms with Gasteiger partial charge in [-0.05, 0) is 43.4 Å². The van der Waals surface area contributed by atoms with E-state index in [2.05, 4.69) is 5.32 Å². The van der Waals surface area contributed by atoms with Gasteiger partial charge in [0.2, 0.25) is 11.8 Å². The Balaban J connectivity index is 1.71. The van der Waals surface area contributed by atoms with Crippen molar-refractivity contribution < 1.29 is 9.59 Å². The van der Waals surface area contributed by atoms with Gasteiger partial charge in [-0.1, -0.05) is 30.7 Å². The van der Waals surface area contributed by atoms with Gasteiger partial charge in [0.05, 0.1) is 0 Å². The molecule has 1 aliphatic heterocycles. The van der Waals surface area contributed by atoms with E-state index in [4.69, 9.17) is 11.6 Å². The van der Waals surface area contributed by atoms with Crippen molar-refractivity contribution >= 4 is 23.4 Å². The van der Waals surface area contributed by atoms with Crippen molar-refractivity contribution in [1.82, 2.24) is 10.2 Å². The largest absolute Gasteiger partial charge is 0.353 e. The van der Waals surface area contributed by atoms with Crippen LogP contribution >= 0.6 is 11.6 Å². The van der Waals surface area contributed by atoms with Crippen LogP contribution < -0.4 is 5.32 Å². The highest BCUT2D eigenvalue weighted by Crippen LogP contribution is 2.14. The topological polar surface area (TPSA) is 49.4 Å². The number of nitrogens with zero attached hydrogens (tertiary/aromatic N) is 1. The fourth-order valence-corrected chi connectivity index (χ4v) is 2.99. The molecule has 0 radical (unpaired) electrons. The van der Waals surface area contributed by atoms with Crippen molar-refractivity contribution in [3.63, 3.8) is 0 Å². The Bertz CT molecular complexity index is 522. The van der Waals surface area contributed by atoms with E-state index in [1.807, 2.05) is 36.1 Å². The third-order valence-electron chi connectivity index (χ3n) is 4.23. The van der Waals surface area contributed by atoms with E-state index >= 15 is 0 Å². The van der Waals surface area contributed by atoms with Gasteiger partial charge in [0.1, 0.15) is 0 Å². The maximum absolute atomic E-state index is 12.3. The third kappa shape index (κ3) is 5.87. The average molecular weight is 337 g/mol. The van der Waals surface area contributed by atoms with Crippen LogP contribution in [0.3, 0.4) is 0 Å². The average Bonchev–Trinajstić information content (AvgIpc) is 2.55. The molecule has 1 N–H and O–H groups in total. The van der Waals surface area contributed by atoms with Crippen molar-refractivity contribution in [1.29, 1.82) is 0 Å². The molecule has 1 saturated heterocycles. The second-order valence-electron chi connectivity index (χ2n) is 6.10. The smallest absolute Gasteiger partial charge is 0.222 e. The lowest BCUT2D eigenvalue weighted by atomic mass is 10.0. The van der Waals surface area contributed by atoms with E-state index in [0.717, 1.165) is 44.3 Å². The molecule has 2 amide bonds. The van der Waals surface area contributed by atoms with Crippen LogP contribution in [-0.2, 0) is 16.0 Å². The number of piperidine rings is 1. The maximum Gasteiger partial charge on any atom is 0.222 e. The highest BCUT2D eigenvalue weighted by molar-refractivity contribution is 6.30. The lowest BCUT2D eigenvalue weighted by Crippen LogP contribution is -2.46. The monoisotopic (exact) mass is 336 g/mol. The predicted octanol–water partition coefficient (Wildman–Crippen LogP) is 3.18. The minimum atomic E-state index is 0.125. The molecule has 126 valence electrons. The van der Waals surface area contributed by atoms with Crippen LogP contribution in [0.25, 0.3) is 0 Å². The molecule has 0 spiro atoms. The molecular weight excluding hydrogens is 312 g/mol. The normalized spacial score (nSPS) is 15.5. The van der Waals surface area contributed by atoms with E-state index < -0.39 is 0 Å². The fourth-order valence-electron chi connectivity index (χ4n) is 2.86. The summed E-state index contributed by atoms with van der Waals surface area (Å²) >= 11 is 5.86. The van der Waals surface area contributed by atoms with Gasteiger partial charge in [-0.2, -0.15) is 0 Å². The van der Waals surface area contributed by atoms with Crippen molar-refractivity contribution in [2.75, 3.05) is 13.1 Å². The number of halogens is 1. The van der Waals surface area contributed by atoms with Gasteiger partial charge in [-0.3, -0.25) is 9.59 Å². The Labute approximate surface area is 143 Å². The Kier molecular flexibility index (Phi) is 6.90. The number of carbonyl (C=O) groups excluding carboxylic acids is 2. The van der Waals surface area contributed by atoms with Crippen LogP contribution in [0.1, 0.15) is 44.6 Å². The molecule has 0 unspecified atom stereocenters. The van der Waals surface area contributed by atoms with Gasteiger partial charge in [0.25, 0.3) is 0 Å². The van der Waals surface area contributed by atoms with Crippen molar-refractivity contribution in [3.8, 4) is 0 Å². The van der Waals surface area contributed by atoms with Crippen LogP contribution in [0, 0.1) is 0 Å². The van der Waals surface area contributed by atoms with Crippen LogP contribution in [-0.4, -0.2) is 35.8 Å². The summed E-state index contributed by atoms with van der Waals surface area (Å²) in [6.45, 7) is 3.47. The first-order valence-electron chi connectivity index (χ1n) is 8.40. The van der Waals surface area contributed by atoms with Gasteiger partial charge in [-0.25, -0.2) is 0 Å². The quantitative estimate of drug-likeness (QED) is 0.867. The zero-order valence-electron chi connectivity index (χ0n) is 13.7. The van der Waals surface area contributed by atoms with Gasteiger partial charge < -0.3 is 10.2 Å². The summed E-state index contributed by atoms with van der Waals surface area (Å²) in [5, 5.41) is 3.77. The van der Waals surface area contributed by atoms with Gasteiger partial charge >= 0.3 is 0 Å². The number of aryl methyl sites for hydroxylation is 1. The minimum Gasteiger partial charge on any atom is -0.353 e. The number of amides is 2. The fraction of sp³-hybridized carbons (Fsp3) is 0.556. The zero-order valence-corrected chi connectivity index (χ0v) is 14.4. The number of rotatable bonds is 6. The summed E-state index contributed by atoms with van der Waals surface area (Å²) in [5.41, 5.74) is 1.13. The number of carbonyl (C=O) groups is 2. The van der Waals surface area contributed by atoms with Crippen molar-refractivity contribution in [2.45, 2.75) is 51.5 Å². The molecule has 1 aromatic carbocycles. The number of likely N-dealkylation sites (tertiary alicyclic amines) is 1. The Morgan fingerprint density at radius 1 is 1.17 bits per heavy atom. The molecule has 1 fully saturated rings. The van der Waals surface area contributed by atoms with Crippen LogP contribution in [0.2, 0.25) is 5.02 Å². The summed E-state index contributed by atoms with van der Waals surface area (Å²) in [6.07, 6.45) is 4.41. The SMILES string of the molecule is CCCC(=O)NC1CCN(C(=O)CCc2ccc(Cl)cc2)CC1. The third-order valence-corrected chi connectivity index (χ3v) is 4.48. The Hall–Kier alpha value is -1.55. The molecule has 2 rings (SSSR count). The lowest BCUT2D eigenvalue weighted by Gasteiger charge is -2.32. The highest BCUT2D eigenvalue weighted by Gasteiger charge is 2.23. The molecule has 0 aromatic heterocycles. The zero-order chi connectivity index (χ0) is 16.7. The molecule has 0 saturated carbocycles. The molecule has 1 aromatic rings. The summed E-state index contributed by atoms with van der Waals surface area (Å²) < 4.78 is 0. The number of hydrogen-bond donors (Lipinski definition) is 1. The summed E-state index contributed by atoms with van der Waals surface area (Å²) in [4.78, 5) is 25.8. The minimum absolute atomic E-state index is 0.125. The molecule has 0 aliphatic carbocycles. The summed E-state index contributed by atoms with van der Waals surface area (Å²) in [7, 11) is 0. The Morgan fingerprint density at radius 2 is 1.83 bits per heavy atom. The predicted molar refractivity (Wildman–Crippen MR) is 92.4 cm³/mol. The van der Waals surface area contributed by atoms with Crippen LogP contribution in [0.4, 0.5) is 0 Å². The second kappa shape index (κ2) is 8.92. The van der Waals surface area contributed by atoms with E-state index in [9.17, 15) is 9.59 Å². The second-order valence-corrected chi connectivity index (χ2v) is 6.54. The lowest BCUT2D eigenvalue weighted by molar-refractivity contribution is -0.132. The van der Waals surface area contributed by atoms with E-state index in [0.29, 0.717) is 17.9 Å². The summed E-state index contributed by atoms with van der Waals surface area (Å²) in [5.74, 6) is 0.318. The standard InChI is InChI=1S/C18H25ClN2O2/c1-2-3-17(22)20-16-10-12-21(13-11-16)18(23)9-6-14-4-7-15(19)8-5-14/h4-5,7-8,16H,2-3,6,9-13H2,1H3,(H,20,22). The number of nitrogens with one attached hydrogen (secondary N) is 1. The first-order chi connectivity index (χ1) is 11.1. The molecule has 0 bridgehead atoms. The highest BCUT2D eigenvalue weighted by atomic mass is 35.5. The first-order valence-corrected chi connectivity index (χ1v) is 8.78. The van der Waals surface area contributed by atoms with Crippen LogP contribution in [0.5, 0.6) is 0 Å². The van der Waals surface area contributed by atoms with E-state index in [-0.39, 0.29) is 17.9 Å². The number of benzene rings is 1. The van der Waals surface area contributed by atoms with Gasteiger partial charge in [0.15, 0.2) is 0 Å². The van der Waals surface area contributed by atoms with Crippen molar-refractivity contribution in [3.05, 3.63) is 34.9 Å². The van der Waals surface area contributed by atoms with Crippen molar-refractivity contribution in [2.24, 2.45) is 0 Å². The molecule has 0 atom stereocenters. The Morgan fingerprint density at radius 3 is 2.43 bits per heavy atom. The molecule has 1 heterocycles. The maximum atomic E-state index is 12.3. The van der Waals surface area contributed by atoms with Crippen LogP contribution in [0.15, 0.2) is 24.3 Å². The summed E-state index contributed by atoms with van der Waals surface area (Å²) in [6, 6.07) is 7.85. The first kappa shape index (κ1) is 17.8. The molecule has 23 heavy (non-hydrogen) atoms. The molecule has 1 aliphatic rings. The molecular formula is C18H25ClN2O2. The molecule has 5 heteroatoms. The molecule has 4 nitrogen and oxygen atoms in total. The van der Waals surface area contributed by atoms with E-state index in [1.54, 1.807) is 0 Å². The van der Waals surface area contributed by atoms with E-state index in [1.165, 1.54) is 0 Å². The number of hydrogen-bond acceptors (Lipinski definition) is 2. The van der Waals surface area contributed by atoms with Gasteiger partial charge in [0, 0.05) is 37.0 Å². The van der Waals surface area contributed by atoms with Gasteiger partial charge in [-0.15, -0.1) is 0 Å².